The van der Waals surface area contributed by atoms with Gasteiger partial charge in [0.15, 0.2) is 6.61 Å². The molecule has 6 nitrogen and oxygen atoms in total. The fourth-order valence-electron chi connectivity index (χ4n) is 3.21. The van der Waals surface area contributed by atoms with Crippen molar-refractivity contribution >= 4 is 39.4 Å². The van der Waals surface area contributed by atoms with Crippen LogP contribution < -0.4 is 5.32 Å². The zero-order valence-corrected chi connectivity index (χ0v) is 15.8. The van der Waals surface area contributed by atoms with E-state index in [1.807, 2.05) is 0 Å². The first-order valence-electron chi connectivity index (χ1n) is 9.10. The quantitative estimate of drug-likeness (QED) is 0.484. The van der Waals surface area contributed by atoms with Gasteiger partial charge in [0, 0.05) is 23.2 Å². The van der Waals surface area contributed by atoms with Crippen LogP contribution in [0, 0.1) is 0 Å². The molecule has 0 fully saturated rings. The summed E-state index contributed by atoms with van der Waals surface area (Å²) in [7, 11) is 0. The van der Waals surface area contributed by atoms with Crippen LogP contribution in [0.5, 0.6) is 0 Å². The SMILES string of the molecule is O=C(COC(=O)c1cnc2ccccc2c1C(F)(F)F)Nc1cccc2ncccc12. The largest absolute Gasteiger partial charge is 0.452 e. The monoisotopic (exact) mass is 425 g/mol. The summed E-state index contributed by atoms with van der Waals surface area (Å²) >= 11 is 0. The van der Waals surface area contributed by atoms with Crippen molar-refractivity contribution in [1.29, 1.82) is 0 Å². The molecule has 4 aromatic rings. The van der Waals surface area contributed by atoms with Gasteiger partial charge in [-0.05, 0) is 30.3 Å². The Balaban J connectivity index is 1.54. The van der Waals surface area contributed by atoms with Crippen molar-refractivity contribution in [3.05, 3.63) is 78.1 Å². The van der Waals surface area contributed by atoms with Crippen molar-refractivity contribution in [3.63, 3.8) is 0 Å². The lowest BCUT2D eigenvalue weighted by molar-refractivity contribution is -0.136. The highest BCUT2D eigenvalue weighted by Crippen LogP contribution is 2.37. The molecule has 0 spiro atoms. The maximum Gasteiger partial charge on any atom is 0.417 e. The summed E-state index contributed by atoms with van der Waals surface area (Å²) < 4.78 is 45.8. The fraction of sp³-hybridized carbons (Fsp3) is 0.0909. The molecule has 0 saturated carbocycles. The smallest absolute Gasteiger partial charge is 0.417 e. The maximum atomic E-state index is 13.7. The first kappa shape index (κ1) is 20.3. The molecule has 0 atom stereocenters. The van der Waals surface area contributed by atoms with Gasteiger partial charge in [-0.25, -0.2) is 4.79 Å². The van der Waals surface area contributed by atoms with E-state index in [0.29, 0.717) is 16.6 Å². The van der Waals surface area contributed by atoms with Crippen LogP contribution in [0.2, 0.25) is 0 Å². The van der Waals surface area contributed by atoms with Gasteiger partial charge in [-0.15, -0.1) is 0 Å². The number of halogens is 3. The average molecular weight is 425 g/mol. The number of fused-ring (bicyclic) bond motifs is 2. The molecule has 0 aliphatic heterocycles. The molecule has 0 aliphatic carbocycles. The maximum absolute atomic E-state index is 13.7. The third-order valence-corrected chi connectivity index (χ3v) is 4.53. The van der Waals surface area contributed by atoms with Crippen molar-refractivity contribution < 1.29 is 27.5 Å². The predicted octanol–water partition coefficient (Wildman–Crippen LogP) is 4.60. The number of rotatable bonds is 4. The van der Waals surface area contributed by atoms with Crippen molar-refractivity contribution in [2.75, 3.05) is 11.9 Å². The van der Waals surface area contributed by atoms with E-state index in [2.05, 4.69) is 15.3 Å². The first-order chi connectivity index (χ1) is 14.8. The van der Waals surface area contributed by atoms with Crippen LogP contribution in [0.3, 0.4) is 0 Å². The van der Waals surface area contributed by atoms with Crippen LogP contribution in [-0.4, -0.2) is 28.5 Å². The van der Waals surface area contributed by atoms with E-state index in [4.69, 9.17) is 4.74 Å². The van der Waals surface area contributed by atoms with Gasteiger partial charge in [-0.1, -0.05) is 24.3 Å². The molecular weight excluding hydrogens is 411 g/mol. The average Bonchev–Trinajstić information content (AvgIpc) is 2.76. The van der Waals surface area contributed by atoms with E-state index in [1.54, 1.807) is 42.6 Å². The lowest BCUT2D eigenvalue weighted by Gasteiger charge is -2.15. The number of carbonyl (C=O) groups is 2. The Morgan fingerprint density at radius 1 is 0.903 bits per heavy atom. The number of benzene rings is 2. The molecule has 2 aromatic carbocycles. The topological polar surface area (TPSA) is 81.2 Å². The minimum absolute atomic E-state index is 0.0914. The summed E-state index contributed by atoms with van der Waals surface area (Å²) in [5.74, 6) is -1.99. The van der Waals surface area contributed by atoms with Gasteiger partial charge < -0.3 is 10.1 Å². The number of alkyl halides is 3. The number of amides is 1. The Kier molecular flexibility index (Phi) is 5.24. The van der Waals surface area contributed by atoms with Crippen molar-refractivity contribution in [3.8, 4) is 0 Å². The number of carbonyl (C=O) groups excluding carboxylic acids is 2. The van der Waals surface area contributed by atoms with E-state index in [1.165, 1.54) is 18.2 Å². The molecule has 31 heavy (non-hydrogen) atoms. The standard InChI is InChI=1S/C22H14F3N3O3/c23-22(24,25)20-14-5-1-2-7-17(14)27-11-15(20)21(30)31-12-19(29)28-18-9-3-8-16-13(18)6-4-10-26-16/h1-11H,12H2,(H,28,29). The van der Waals surface area contributed by atoms with E-state index in [0.717, 1.165) is 6.20 Å². The summed E-state index contributed by atoms with van der Waals surface area (Å²) in [6.45, 7) is -0.764. The van der Waals surface area contributed by atoms with Crippen LogP contribution >= 0.6 is 0 Å². The summed E-state index contributed by atoms with van der Waals surface area (Å²) in [5.41, 5.74) is -0.727. The second-order valence-electron chi connectivity index (χ2n) is 6.56. The van der Waals surface area contributed by atoms with Gasteiger partial charge in [-0.3, -0.25) is 14.8 Å². The molecule has 2 aromatic heterocycles. The molecule has 4 rings (SSSR count). The summed E-state index contributed by atoms with van der Waals surface area (Å²) in [5, 5.41) is 3.02. The molecule has 0 saturated heterocycles. The normalized spacial score (nSPS) is 11.5. The predicted molar refractivity (Wildman–Crippen MR) is 107 cm³/mol. The summed E-state index contributed by atoms with van der Waals surface area (Å²) in [6.07, 6.45) is -2.40. The molecule has 1 N–H and O–H groups in total. The third-order valence-electron chi connectivity index (χ3n) is 4.53. The molecule has 9 heteroatoms. The van der Waals surface area contributed by atoms with Crippen molar-refractivity contribution in [2.45, 2.75) is 6.18 Å². The van der Waals surface area contributed by atoms with E-state index in [9.17, 15) is 22.8 Å². The number of ether oxygens (including phenoxy) is 1. The van der Waals surface area contributed by atoms with Gasteiger partial charge in [0.25, 0.3) is 5.91 Å². The van der Waals surface area contributed by atoms with Gasteiger partial charge in [0.2, 0.25) is 0 Å². The number of para-hydroxylation sites is 1. The molecule has 0 unspecified atom stereocenters. The Morgan fingerprint density at radius 3 is 2.42 bits per heavy atom. The first-order valence-corrected chi connectivity index (χ1v) is 9.10. The molecule has 0 radical (unpaired) electrons. The van der Waals surface area contributed by atoms with Crippen molar-refractivity contribution in [2.24, 2.45) is 0 Å². The minimum atomic E-state index is -4.81. The Bertz CT molecular complexity index is 1300. The lowest BCUT2D eigenvalue weighted by atomic mass is 10.0. The fourth-order valence-corrected chi connectivity index (χ4v) is 3.21. The second-order valence-corrected chi connectivity index (χ2v) is 6.56. The number of anilines is 1. The number of aromatic nitrogens is 2. The molecular formula is C22H14F3N3O3. The highest BCUT2D eigenvalue weighted by molar-refractivity contribution is 6.03. The van der Waals surface area contributed by atoms with E-state index < -0.39 is 35.8 Å². The lowest BCUT2D eigenvalue weighted by Crippen LogP contribution is -2.23. The number of esters is 1. The number of pyridine rings is 2. The molecule has 0 aliphatic rings. The molecule has 1 amide bonds. The number of nitrogens with zero attached hydrogens (tertiary/aromatic N) is 2. The summed E-state index contributed by atoms with van der Waals surface area (Å²) in [4.78, 5) is 32.7. The molecule has 156 valence electrons. The molecule has 0 bridgehead atoms. The zero-order valence-electron chi connectivity index (χ0n) is 15.8. The van der Waals surface area contributed by atoms with E-state index in [-0.39, 0.29) is 10.9 Å². The zero-order chi connectivity index (χ0) is 22.0. The Hall–Kier alpha value is -4.01. The van der Waals surface area contributed by atoms with Crippen molar-refractivity contribution in [1.82, 2.24) is 9.97 Å². The van der Waals surface area contributed by atoms with Crippen LogP contribution in [0.25, 0.3) is 21.8 Å². The Labute approximate surface area is 173 Å². The minimum Gasteiger partial charge on any atom is -0.452 e. The van der Waals surface area contributed by atoms with Crippen LogP contribution in [0.1, 0.15) is 15.9 Å². The highest BCUT2D eigenvalue weighted by atomic mass is 19.4. The van der Waals surface area contributed by atoms with E-state index >= 15 is 0 Å². The van der Waals surface area contributed by atoms with Crippen LogP contribution in [-0.2, 0) is 15.7 Å². The van der Waals surface area contributed by atoms with Gasteiger partial charge in [0.1, 0.15) is 0 Å². The van der Waals surface area contributed by atoms with Crippen LogP contribution in [0.4, 0.5) is 18.9 Å². The molecule has 2 heterocycles. The third kappa shape index (κ3) is 4.16. The number of hydrogen-bond acceptors (Lipinski definition) is 5. The van der Waals surface area contributed by atoms with Gasteiger partial charge in [0.05, 0.1) is 27.8 Å². The van der Waals surface area contributed by atoms with Crippen LogP contribution in [0.15, 0.2) is 67.0 Å². The highest BCUT2D eigenvalue weighted by Gasteiger charge is 2.38. The van der Waals surface area contributed by atoms with Gasteiger partial charge >= 0.3 is 12.1 Å². The van der Waals surface area contributed by atoms with Gasteiger partial charge in [-0.2, -0.15) is 13.2 Å². The summed E-state index contributed by atoms with van der Waals surface area (Å²) in [6, 6.07) is 14.1. The number of hydrogen-bond donors (Lipinski definition) is 1. The number of nitrogens with one attached hydrogen (secondary N) is 1. The Morgan fingerprint density at radius 2 is 1.61 bits per heavy atom. The second kappa shape index (κ2) is 8.02.